The van der Waals surface area contributed by atoms with Gasteiger partial charge in [0.2, 0.25) is 0 Å². The molecule has 1 aromatic heterocycles. The number of rotatable bonds is 7. The Hall–Kier alpha value is -1.87. The fourth-order valence-electron chi connectivity index (χ4n) is 1.61. The summed E-state index contributed by atoms with van der Waals surface area (Å²) in [7, 11) is 3.73. The number of anilines is 2. The molecule has 0 aliphatic rings. The molecule has 0 radical (unpaired) electrons. The summed E-state index contributed by atoms with van der Waals surface area (Å²) in [5.41, 5.74) is 0. The molecule has 0 bridgehead atoms. The lowest BCUT2D eigenvalue weighted by molar-refractivity contribution is 0.128. The smallest absolute Gasteiger partial charge is 0.158 e. The van der Waals surface area contributed by atoms with Crippen LogP contribution in [0.1, 0.15) is 19.7 Å². The Morgan fingerprint density at radius 2 is 2.26 bits per heavy atom. The molecule has 1 rings (SSSR count). The Morgan fingerprint density at radius 1 is 1.53 bits per heavy atom. The maximum absolute atomic E-state index is 8.86. The Morgan fingerprint density at radius 3 is 2.84 bits per heavy atom. The van der Waals surface area contributed by atoms with Gasteiger partial charge < -0.3 is 15.0 Å². The topological polar surface area (TPSA) is 74.1 Å². The lowest BCUT2D eigenvalue weighted by atomic mass is 10.2. The Balaban J connectivity index is 2.89. The number of nitriles is 1. The fourth-order valence-corrected chi connectivity index (χ4v) is 1.61. The Kier molecular flexibility index (Phi) is 6.03. The first kappa shape index (κ1) is 15.2. The van der Waals surface area contributed by atoms with Crippen LogP contribution in [0.3, 0.4) is 0 Å². The highest BCUT2D eigenvalue weighted by Crippen LogP contribution is 2.16. The normalized spacial score (nSPS) is 11.7. The van der Waals surface area contributed by atoms with Crippen molar-refractivity contribution in [3.05, 3.63) is 11.9 Å². The van der Waals surface area contributed by atoms with E-state index in [2.05, 4.69) is 21.4 Å². The van der Waals surface area contributed by atoms with Crippen molar-refractivity contribution in [2.45, 2.75) is 20.5 Å². The van der Waals surface area contributed by atoms with Gasteiger partial charge in [0.1, 0.15) is 18.2 Å². The monoisotopic (exact) mass is 263 g/mol. The maximum atomic E-state index is 8.86. The summed E-state index contributed by atoms with van der Waals surface area (Å²) in [6.45, 7) is 5.47. The summed E-state index contributed by atoms with van der Waals surface area (Å²) < 4.78 is 5.33. The quantitative estimate of drug-likeness (QED) is 0.806. The zero-order valence-corrected chi connectivity index (χ0v) is 12.0. The number of nitrogens with one attached hydrogen (secondary N) is 1. The lowest BCUT2D eigenvalue weighted by Crippen LogP contribution is -2.25. The van der Waals surface area contributed by atoms with Crippen LogP contribution in [0.4, 0.5) is 11.6 Å². The molecule has 0 aliphatic carbocycles. The van der Waals surface area contributed by atoms with Gasteiger partial charge in [0.15, 0.2) is 5.82 Å². The summed E-state index contributed by atoms with van der Waals surface area (Å²) in [5.74, 6) is 2.13. The Labute approximate surface area is 114 Å². The maximum Gasteiger partial charge on any atom is 0.158 e. The van der Waals surface area contributed by atoms with Crippen molar-refractivity contribution in [1.82, 2.24) is 9.97 Å². The summed E-state index contributed by atoms with van der Waals surface area (Å²) in [6, 6.07) is 4.08. The number of nitrogens with zero attached hydrogens (tertiary/aromatic N) is 4. The number of hydrogen-bond acceptors (Lipinski definition) is 6. The van der Waals surface area contributed by atoms with Gasteiger partial charge in [-0.3, -0.25) is 0 Å². The van der Waals surface area contributed by atoms with Crippen LogP contribution >= 0.6 is 0 Å². The van der Waals surface area contributed by atoms with E-state index >= 15 is 0 Å². The summed E-state index contributed by atoms with van der Waals surface area (Å²) in [4.78, 5) is 10.7. The van der Waals surface area contributed by atoms with Crippen LogP contribution in [0.15, 0.2) is 6.07 Å². The first-order chi connectivity index (χ1) is 9.10. The standard InChI is InChI=1S/C13H21N5O/c1-5-19-9-12-16-11(15-3)6-13(17-12)18(4)8-10(2)7-14/h6,10H,5,8-9H2,1-4H3,(H,15,16,17). The molecule has 6 heteroatoms. The van der Waals surface area contributed by atoms with Gasteiger partial charge in [0.25, 0.3) is 0 Å². The van der Waals surface area contributed by atoms with Crippen LogP contribution < -0.4 is 10.2 Å². The van der Waals surface area contributed by atoms with Gasteiger partial charge in [-0.25, -0.2) is 9.97 Å². The summed E-state index contributed by atoms with van der Waals surface area (Å²) in [6.07, 6.45) is 0. The van der Waals surface area contributed by atoms with Crippen molar-refractivity contribution < 1.29 is 4.74 Å². The van der Waals surface area contributed by atoms with E-state index in [1.807, 2.05) is 38.9 Å². The SMILES string of the molecule is CCOCc1nc(NC)cc(N(C)CC(C)C#N)n1. The van der Waals surface area contributed by atoms with Gasteiger partial charge >= 0.3 is 0 Å². The molecule has 6 nitrogen and oxygen atoms in total. The van der Waals surface area contributed by atoms with Crippen LogP contribution in [-0.2, 0) is 11.3 Å². The fraction of sp³-hybridized carbons (Fsp3) is 0.615. The van der Waals surface area contributed by atoms with E-state index in [1.54, 1.807) is 0 Å². The van der Waals surface area contributed by atoms with Gasteiger partial charge in [-0.1, -0.05) is 0 Å². The van der Waals surface area contributed by atoms with Gasteiger partial charge in [-0.2, -0.15) is 5.26 Å². The molecule has 0 fully saturated rings. The second-order valence-corrected chi connectivity index (χ2v) is 4.33. The molecule has 104 valence electrons. The largest absolute Gasteiger partial charge is 0.374 e. The molecule has 1 N–H and O–H groups in total. The van der Waals surface area contributed by atoms with Crippen molar-refractivity contribution >= 4 is 11.6 Å². The molecular formula is C13H21N5O. The van der Waals surface area contributed by atoms with Gasteiger partial charge in [0, 0.05) is 33.3 Å². The van der Waals surface area contributed by atoms with Crippen molar-refractivity contribution in [2.75, 3.05) is 37.5 Å². The average molecular weight is 263 g/mol. The van der Waals surface area contributed by atoms with E-state index in [4.69, 9.17) is 10.00 Å². The molecule has 1 aromatic rings. The third-order valence-electron chi connectivity index (χ3n) is 2.61. The van der Waals surface area contributed by atoms with Crippen molar-refractivity contribution in [3.63, 3.8) is 0 Å². The molecule has 0 amide bonds. The molecule has 0 saturated carbocycles. The molecule has 0 aromatic carbocycles. The highest BCUT2D eigenvalue weighted by atomic mass is 16.5. The highest BCUT2D eigenvalue weighted by molar-refractivity contribution is 5.48. The van der Waals surface area contributed by atoms with Crippen LogP contribution in [0.2, 0.25) is 0 Å². The van der Waals surface area contributed by atoms with Crippen LogP contribution in [0, 0.1) is 17.2 Å². The lowest BCUT2D eigenvalue weighted by Gasteiger charge is -2.20. The minimum Gasteiger partial charge on any atom is -0.374 e. The molecular weight excluding hydrogens is 242 g/mol. The average Bonchev–Trinajstić information content (AvgIpc) is 2.44. The minimum absolute atomic E-state index is 0.0478. The predicted octanol–water partition coefficient (Wildman–Crippen LogP) is 1.65. The number of aromatic nitrogens is 2. The molecule has 19 heavy (non-hydrogen) atoms. The van der Waals surface area contributed by atoms with Crippen molar-refractivity contribution in [3.8, 4) is 6.07 Å². The van der Waals surface area contributed by atoms with Crippen molar-refractivity contribution in [1.29, 1.82) is 5.26 Å². The second kappa shape index (κ2) is 7.54. The Bertz CT molecular complexity index is 443. The molecule has 0 spiro atoms. The van der Waals surface area contributed by atoms with E-state index in [0.717, 1.165) is 11.6 Å². The predicted molar refractivity (Wildman–Crippen MR) is 75.0 cm³/mol. The van der Waals surface area contributed by atoms with Crippen LogP contribution in [0.5, 0.6) is 0 Å². The highest BCUT2D eigenvalue weighted by Gasteiger charge is 2.11. The number of ether oxygens (including phenoxy) is 1. The zero-order valence-electron chi connectivity index (χ0n) is 12.0. The van der Waals surface area contributed by atoms with E-state index in [-0.39, 0.29) is 5.92 Å². The minimum atomic E-state index is -0.0478. The van der Waals surface area contributed by atoms with Crippen molar-refractivity contribution in [2.24, 2.45) is 5.92 Å². The van der Waals surface area contributed by atoms with E-state index < -0.39 is 0 Å². The van der Waals surface area contributed by atoms with Crippen LogP contribution in [-0.4, -0.2) is 37.2 Å². The summed E-state index contributed by atoms with van der Waals surface area (Å²) >= 11 is 0. The van der Waals surface area contributed by atoms with E-state index in [0.29, 0.717) is 25.6 Å². The molecule has 1 heterocycles. The number of hydrogen-bond donors (Lipinski definition) is 1. The van der Waals surface area contributed by atoms with E-state index in [9.17, 15) is 0 Å². The van der Waals surface area contributed by atoms with Crippen LogP contribution in [0.25, 0.3) is 0 Å². The zero-order chi connectivity index (χ0) is 14.3. The third kappa shape index (κ3) is 4.72. The van der Waals surface area contributed by atoms with Gasteiger partial charge in [0.05, 0.1) is 12.0 Å². The third-order valence-corrected chi connectivity index (χ3v) is 2.61. The molecule has 0 aliphatic heterocycles. The first-order valence-corrected chi connectivity index (χ1v) is 6.34. The van der Waals surface area contributed by atoms with Gasteiger partial charge in [-0.05, 0) is 13.8 Å². The second-order valence-electron chi connectivity index (χ2n) is 4.33. The van der Waals surface area contributed by atoms with E-state index in [1.165, 1.54) is 0 Å². The molecule has 0 saturated heterocycles. The first-order valence-electron chi connectivity index (χ1n) is 6.34. The molecule has 1 atom stereocenters. The summed E-state index contributed by atoms with van der Waals surface area (Å²) in [5, 5.41) is 11.9. The molecule has 1 unspecified atom stereocenters. The van der Waals surface area contributed by atoms with Gasteiger partial charge in [-0.15, -0.1) is 0 Å².